The molecule has 1 aromatic rings. The van der Waals surface area contributed by atoms with Crippen LogP contribution in [-0.4, -0.2) is 65.7 Å². The van der Waals surface area contributed by atoms with E-state index in [-0.39, 0.29) is 12.1 Å². The number of ether oxygens (including phenoxy) is 1. The van der Waals surface area contributed by atoms with E-state index in [4.69, 9.17) is 4.74 Å². The second-order valence-corrected chi connectivity index (χ2v) is 7.23. The van der Waals surface area contributed by atoms with Crippen LogP contribution < -0.4 is 5.32 Å². The van der Waals surface area contributed by atoms with Crippen LogP contribution in [0.15, 0.2) is 24.5 Å². The number of hydrogen-bond acceptors (Lipinski definition) is 4. The summed E-state index contributed by atoms with van der Waals surface area (Å²) in [5, 5.41) is 3.10. The van der Waals surface area contributed by atoms with Gasteiger partial charge in [0.05, 0.1) is 18.2 Å². The van der Waals surface area contributed by atoms with E-state index >= 15 is 0 Å². The summed E-state index contributed by atoms with van der Waals surface area (Å²) >= 11 is 0. The van der Waals surface area contributed by atoms with Gasteiger partial charge in [-0.05, 0) is 50.8 Å². The summed E-state index contributed by atoms with van der Waals surface area (Å²) in [5.41, 5.74) is 1.18. The highest BCUT2D eigenvalue weighted by atomic mass is 16.5. The van der Waals surface area contributed by atoms with Crippen LogP contribution >= 0.6 is 0 Å². The van der Waals surface area contributed by atoms with Crippen LogP contribution in [0.3, 0.4) is 0 Å². The Morgan fingerprint density at radius 2 is 2.00 bits per heavy atom. The molecular weight excluding hydrogens is 316 g/mol. The van der Waals surface area contributed by atoms with E-state index < -0.39 is 0 Å². The van der Waals surface area contributed by atoms with Gasteiger partial charge in [-0.2, -0.15) is 0 Å². The molecule has 6 nitrogen and oxygen atoms in total. The van der Waals surface area contributed by atoms with E-state index in [0.29, 0.717) is 12.2 Å². The molecule has 1 aromatic heterocycles. The molecule has 138 valence electrons. The minimum atomic E-state index is 0.0584. The molecule has 0 bridgehead atoms. The van der Waals surface area contributed by atoms with Gasteiger partial charge in [0, 0.05) is 45.1 Å². The van der Waals surface area contributed by atoms with Crippen molar-refractivity contribution in [3.63, 3.8) is 0 Å². The quantitative estimate of drug-likeness (QED) is 0.832. The lowest BCUT2D eigenvalue weighted by molar-refractivity contribution is -0.0679. The zero-order valence-corrected chi connectivity index (χ0v) is 15.4. The first-order valence-electron chi connectivity index (χ1n) is 9.45. The average molecular weight is 346 g/mol. The van der Waals surface area contributed by atoms with E-state index in [9.17, 15) is 4.79 Å². The zero-order valence-electron chi connectivity index (χ0n) is 15.4. The molecule has 3 unspecified atom stereocenters. The number of nitrogens with zero attached hydrogens (tertiary/aromatic N) is 3. The molecule has 0 aromatic carbocycles. The minimum absolute atomic E-state index is 0.0584. The molecular formula is C19H30N4O2. The van der Waals surface area contributed by atoms with Crippen LogP contribution in [0.25, 0.3) is 0 Å². The van der Waals surface area contributed by atoms with Crippen molar-refractivity contribution in [1.29, 1.82) is 0 Å². The van der Waals surface area contributed by atoms with Gasteiger partial charge in [0.2, 0.25) is 0 Å². The number of carbonyl (C=O) groups is 1. The molecule has 6 heteroatoms. The Kier molecular flexibility index (Phi) is 6.26. The fourth-order valence-electron chi connectivity index (χ4n) is 4.01. The standard InChI is InChI=1S/C19H30N4O2/c1-15-13-22(14-16(2)25-15)11-4-8-21-19(24)23-12-3-5-18(23)17-6-9-20-10-7-17/h6-7,9-10,15-16,18H,3-5,8,11-14H2,1-2H3,(H,21,24). The number of pyridine rings is 1. The van der Waals surface area contributed by atoms with Gasteiger partial charge < -0.3 is 15.0 Å². The van der Waals surface area contributed by atoms with Crippen molar-refractivity contribution in [2.75, 3.05) is 32.7 Å². The molecule has 3 atom stereocenters. The van der Waals surface area contributed by atoms with Crippen LogP contribution in [0, 0.1) is 0 Å². The van der Waals surface area contributed by atoms with Crippen LogP contribution in [0.4, 0.5) is 4.79 Å². The maximum atomic E-state index is 12.5. The number of morpholine rings is 1. The van der Waals surface area contributed by atoms with Gasteiger partial charge in [0.1, 0.15) is 0 Å². The third-order valence-corrected chi connectivity index (χ3v) is 5.03. The van der Waals surface area contributed by atoms with Gasteiger partial charge in [0.25, 0.3) is 0 Å². The molecule has 0 spiro atoms. The number of carbonyl (C=O) groups excluding carboxylic acids is 1. The molecule has 2 aliphatic rings. The normalized spacial score (nSPS) is 27.4. The number of aromatic nitrogens is 1. The molecule has 0 aliphatic carbocycles. The number of urea groups is 1. The summed E-state index contributed by atoms with van der Waals surface area (Å²) in [5.74, 6) is 0. The molecule has 2 fully saturated rings. The Morgan fingerprint density at radius 1 is 1.28 bits per heavy atom. The molecule has 2 saturated heterocycles. The van der Waals surface area contributed by atoms with Crippen molar-refractivity contribution in [3.05, 3.63) is 30.1 Å². The monoisotopic (exact) mass is 346 g/mol. The van der Waals surface area contributed by atoms with Gasteiger partial charge in [-0.25, -0.2) is 4.79 Å². The lowest BCUT2D eigenvalue weighted by Gasteiger charge is -2.35. The second kappa shape index (κ2) is 8.63. The number of rotatable bonds is 5. The fraction of sp³-hybridized carbons (Fsp3) is 0.684. The first-order chi connectivity index (χ1) is 12.1. The van der Waals surface area contributed by atoms with Gasteiger partial charge in [-0.3, -0.25) is 9.88 Å². The first-order valence-corrected chi connectivity index (χ1v) is 9.45. The van der Waals surface area contributed by atoms with E-state index in [1.165, 1.54) is 5.56 Å². The number of amides is 2. The molecule has 1 N–H and O–H groups in total. The Labute approximate surface area is 150 Å². The molecule has 3 heterocycles. The topological polar surface area (TPSA) is 57.7 Å². The molecule has 3 rings (SSSR count). The summed E-state index contributed by atoms with van der Waals surface area (Å²) in [6, 6.07) is 4.26. The average Bonchev–Trinajstić information content (AvgIpc) is 3.08. The minimum Gasteiger partial charge on any atom is -0.373 e. The molecule has 0 saturated carbocycles. The smallest absolute Gasteiger partial charge is 0.317 e. The van der Waals surface area contributed by atoms with Crippen molar-refractivity contribution in [2.24, 2.45) is 0 Å². The Bertz CT molecular complexity index is 544. The van der Waals surface area contributed by atoms with Crippen molar-refractivity contribution in [3.8, 4) is 0 Å². The van der Waals surface area contributed by atoms with Gasteiger partial charge in [-0.15, -0.1) is 0 Å². The summed E-state index contributed by atoms with van der Waals surface area (Å²) in [7, 11) is 0. The van der Waals surface area contributed by atoms with Crippen LogP contribution in [0.1, 0.15) is 44.7 Å². The van der Waals surface area contributed by atoms with Crippen molar-refractivity contribution < 1.29 is 9.53 Å². The summed E-state index contributed by atoms with van der Waals surface area (Å²) in [4.78, 5) is 21.0. The van der Waals surface area contributed by atoms with Gasteiger partial charge in [-0.1, -0.05) is 0 Å². The van der Waals surface area contributed by atoms with Crippen molar-refractivity contribution in [2.45, 2.75) is 51.4 Å². The maximum absolute atomic E-state index is 12.5. The third-order valence-electron chi connectivity index (χ3n) is 5.03. The molecule has 0 radical (unpaired) electrons. The summed E-state index contributed by atoms with van der Waals surface area (Å²) < 4.78 is 5.76. The maximum Gasteiger partial charge on any atom is 0.317 e. The largest absolute Gasteiger partial charge is 0.373 e. The SMILES string of the molecule is CC1CN(CCCNC(=O)N2CCCC2c2ccncc2)CC(C)O1. The summed E-state index contributed by atoms with van der Waals surface area (Å²) in [6.07, 6.45) is 7.25. The fourth-order valence-corrected chi connectivity index (χ4v) is 4.01. The van der Waals surface area contributed by atoms with Gasteiger partial charge >= 0.3 is 6.03 Å². The highest BCUT2D eigenvalue weighted by molar-refractivity contribution is 5.75. The predicted molar refractivity (Wildman–Crippen MR) is 97.4 cm³/mol. The highest BCUT2D eigenvalue weighted by Crippen LogP contribution is 2.31. The third kappa shape index (κ3) is 4.92. The van der Waals surface area contributed by atoms with Crippen LogP contribution in [0.5, 0.6) is 0 Å². The van der Waals surface area contributed by atoms with E-state index in [1.54, 1.807) is 12.4 Å². The lowest BCUT2D eigenvalue weighted by atomic mass is 10.1. The van der Waals surface area contributed by atoms with Gasteiger partial charge in [0.15, 0.2) is 0 Å². The first kappa shape index (κ1) is 18.1. The number of hydrogen-bond donors (Lipinski definition) is 1. The summed E-state index contributed by atoms with van der Waals surface area (Å²) in [6.45, 7) is 8.76. The Morgan fingerprint density at radius 3 is 2.72 bits per heavy atom. The van der Waals surface area contributed by atoms with Crippen molar-refractivity contribution in [1.82, 2.24) is 20.1 Å². The molecule has 25 heavy (non-hydrogen) atoms. The predicted octanol–water partition coefficient (Wildman–Crippen LogP) is 2.43. The lowest BCUT2D eigenvalue weighted by Crippen LogP contribution is -2.46. The Hall–Kier alpha value is -1.66. The van der Waals surface area contributed by atoms with Crippen molar-refractivity contribution >= 4 is 6.03 Å². The van der Waals surface area contributed by atoms with E-state index in [1.807, 2.05) is 17.0 Å². The van der Waals surface area contributed by atoms with Crippen LogP contribution in [0.2, 0.25) is 0 Å². The molecule has 2 amide bonds. The Balaban J connectivity index is 1.41. The number of nitrogens with one attached hydrogen (secondary N) is 1. The second-order valence-electron chi connectivity index (χ2n) is 7.23. The number of likely N-dealkylation sites (tertiary alicyclic amines) is 1. The highest BCUT2D eigenvalue weighted by Gasteiger charge is 2.29. The zero-order chi connectivity index (χ0) is 17.6. The molecule has 2 aliphatic heterocycles. The van der Waals surface area contributed by atoms with E-state index in [2.05, 4.69) is 29.0 Å². The van der Waals surface area contributed by atoms with Crippen LogP contribution in [-0.2, 0) is 4.74 Å². The van der Waals surface area contributed by atoms with E-state index in [0.717, 1.165) is 52.0 Å².